The number of carboxylic acid groups (broad SMARTS) is 3. The Morgan fingerprint density at radius 1 is 0.851 bits per heavy atom. The first-order valence-electron chi connectivity index (χ1n) is 15.0. The lowest BCUT2D eigenvalue weighted by molar-refractivity contribution is -0.210. The van der Waals surface area contributed by atoms with Crippen molar-refractivity contribution in [1.82, 2.24) is 10.2 Å². The van der Waals surface area contributed by atoms with Crippen LogP contribution in [-0.2, 0) is 39.9 Å². The van der Waals surface area contributed by atoms with Crippen LogP contribution in [0.3, 0.4) is 0 Å². The molecule has 0 bridgehead atoms. The minimum absolute atomic E-state index is 0.0443. The van der Waals surface area contributed by atoms with E-state index >= 15 is 0 Å². The maximum absolute atomic E-state index is 14.0. The van der Waals surface area contributed by atoms with Gasteiger partial charge in [0.2, 0.25) is 0 Å². The van der Waals surface area contributed by atoms with Gasteiger partial charge in [-0.1, -0.05) is 60.7 Å². The maximum atomic E-state index is 14.0. The molecule has 0 spiro atoms. The van der Waals surface area contributed by atoms with Crippen LogP contribution in [0.4, 0.5) is 0 Å². The summed E-state index contributed by atoms with van der Waals surface area (Å²) in [6.45, 7) is 2.19. The summed E-state index contributed by atoms with van der Waals surface area (Å²) >= 11 is 0. The van der Waals surface area contributed by atoms with Crippen LogP contribution in [0.25, 0.3) is 0 Å². The Bertz CT molecular complexity index is 1570. The fourth-order valence-electron chi connectivity index (χ4n) is 5.46. The number of carbonyl (C=O) groups excluding carboxylic acids is 2. The predicted octanol–water partition coefficient (Wildman–Crippen LogP) is 3.28. The molecule has 0 radical (unpaired) electrons. The molecular formula is C34H36N2O11. The second-order valence-electron chi connectivity index (χ2n) is 10.9. The van der Waals surface area contributed by atoms with Crippen molar-refractivity contribution in [2.75, 3.05) is 13.1 Å². The topological polar surface area (TPSA) is 189 Å². The number of hydrogen-bond donors (Lipinski definition) is 4. The van der Waals surface area contributed by atoms with E-state index in [1.54, 1.807) is 43.3 Å². The summed E-state index contributed by atoms with van der Waals surface area (Å²) in [6.07, 6.45) is -3.38. The van der Waals surface area contributed by atoms with Crippen molar-refractivity contribution in [3.63, 3.8) is 0 Å². The van der Waals surface area contributed by atoms with Crippen molar-refractivity contribution in [2.45, 2.75) is 56.6 Å². The Morgan fingerprint density at radius 2 is 1.43 bits per heavy atom. The lowest BCUT2D eigenvalue weighted by Gasteiger charge is -2.36. The minimum atomic E-state index is -3.14. The summed E-state index contributed by atoms with van der Waals surface area (Å²) in [7, 11) is 0. The van der Waals surface area contributed by atoms with E-state index in [2.05, 4.69) is 5.32 Å². The summed E-state index contributed by atoms with van der Waals surface area (Å²) in [5.41, 5.74) is 1.73. The van der Waals surface area contributed by atoms with Gasteiger partial charge in [0.15, 0.2) is 12.2 Å². The number of hydrogen-bond acceptors (Lipinski definition) is 8. The number of rotatable bonds is 15. The number of carboxylic acids is 3. The molecule has 47 heavy (non-hydrogen) atoms. The van der Waals surface area contributed by atoms with E-state index in [0.717, 1.165) is 16.0 Å². The zero-order valence-corrected chi connectivity index (χ0v) is 25.8. The van der Waals surface area contributed by atoms with Crippen molar-refractivity contribution in [3.8, 4) is 11.5 Å². The number of nitrogens with one attached hydrogen (secondary N) is 1. The zero-order valence-electron chi connectivity index (χ0n) is 25.8. The van der Waals surface area contributed by atoms with Crippen molar-refractivity contribution in [3.05, 3.63) is 96.1 Å². The molecule has 5 atom stereocenters. The van der Waals surface area contributed by atoms with Crippen molar-refractivity contribution >= 4 is 29.7 Å². The minimum Gasteiger partial charge on any atom is -0.480 e. The molecule has 3 aromatic carbocycles. The molecule has 4 rings (SSSR count). The van der Waals surface area contributed by atoms with Crippen molar-refractivity contribution in [1.29, 1.82) is 0 Å². The number of amides is 2. The first kappa shape index (κ1) is 34.6. The lowest BCUT2D eigenvalue weighted by Crippen LogP contribution is -2.55. The highest BCUT2D eigenvalue weighted by Gasteiger charge is 2.63. The summed E-state index contributed by atoms with van der Waals surface area (Å²) < 4.78 is 16.4. The largest absolute Gasteiger partial charge is 0.480 e. The van der Waals surface area contributed by atoms with Crippen LogP contribution in [-0.4, -0.2) is 87.1 Å². The number of benzene rings is 3. The molecule has 1 saturated heterocycles. The average molecular weight is 649 g/mol. The van der Waals surface area contributed by atoms with E-state index in [4.69, 9.17) is 14.2 Å². The van der Waals surface area contributed by atoms with E-state index < -0.39 is 66.2 Å². The number of nitrogens with zero attached hydrogens (tertiary/aromatic N) is 1. The van der Waals surface area contributed by atoms with Gasteiger partial charge < -0.3 is 39.7 Å². The fraction of sp³-hybridized carbons (Fsp3) is 0.324. The van der Waals surface area contributed by atoms with Gasteiger partial charge >= 0.3 is 23.7 Å². The smallest absolute Gasteiger partial charge is 0.375 e. The molecule has 1 heterocycles. The summed E-state index contributed by atoms with van der Waals surface area (Å²) in [4.78, 5) is 64.1. The van der Waals surface area contributed by atoms with Crippen LogP contribution in [0.1, 0.15) is 37.3 Å². The Kier molecular flexibility index (Phi) is 11.3. The SMILES string of the molecule is CCNC(=O)C1(C(=O)O)OC(C(=O)O)C(C(=O)N(CC(=O)O)C(C)C(CCc2ccccc2)c2ccc(Oc3ccccc3)cc2)O1. The third kappa shape index (κ3) is 8.12. The molecule has 4 N–H and O–H groups in total. The van der Waals surface area contributed by atoms with Crippen LogP contribution in [0.5, 0.6) is 11.5 Å². The molecule has 0 saturated carbocycles. The first-order valence-corrected chi connectivity index (χ1v) is 15.0. The standard InChI is InChI=1S/C34H36N2O11/c1-3-35-32(42)34(33(43)44)46-28(29(47-34)31(40)41)30(39)36(20-27(37)38)21(2)26(19-14-22-10-6-4-7-11-22)23-15-17-25(18-16-23)45-24-12-8-5-9-13-24/h4-13,15-18,21,26,28-29H,3,14,19-20H2,1-2H3,(H,35,42)(H,37,38)(H,40,41)(H,43,44). The maximum Gasteiger partial charge on any atom is 0.375 e. The molecule has 13 heteroatoms. The van der Waals surface area contributed by atoms with Crippen molar-refractivity contribution in [2.24, 2.45) is 0 Å². The molecule has 0 aromatic heterocycles. The average Bonchev–Trinajstić information content (AvgIpc) is 3.48. The summed E-state index contributed by atoms with van der Waals surface area (Å²) in [6, 6.07) is 24.9. The van der Waals surface area contributed by atoms with Crippen molar-refractivity contribution < 1.29 is 53.5 Å². The number of para-hydroxylation sites is 1. The molecular weight excluding hydrogens is 612 g/mol. The van der Waals surface area contributed by atoms with Crippen LogP contribution < -0.4 is 10.1 Å². The van der Waals surface area contributed by atoms with Gasteiger partial charge in [-0.25, -0.2) is 9.59 Å². The second kappa shape index (κ2) is 15.3. The molecule has 3 aromatic rings. The van der Waals surface area contributed by atoms with Gasteiger partial charge in [0.25, 0.3) is 11.8 Å². The molecule has 13 nitrogen and oxygen atoms in total. The van der Waals surface area contributed by atoms with Crippen LogP contribution in [0.15, 0.2) is 84.9 Å². The Labute approximate surface area is 270 Å². The van der Waals surface area contributed by atoms with Crippen LogP contribution >= 0.6 is 0 Å². The monoisotopic (exact) mass is 648 g/mol. The number of aliphatic carboxylic acids is 3. The van der Waals surface area contributed by atoms with Gasteiger partial charge in [-0.2, -0.15) is 0 Å². The summed E-state index contributed by atoms with van der Waals surface area (Å²) in [5.74, 6) is -10.1. The van der Waals surface area contributed by atoms with E-state index in [1.165, 1.54) is 6.92 Å². The van der Waals surface area contributed by atoms with Gasteiger partial charge in [0.1, 0.15) is 18.0 Å². The Balaban J connectivity index is 1.69. The second-order valence-corrected chi connectivity index (χ2v) is 10.9. The third-order valence-electron chi connectivity index (χ3n) is 7.80. The van der Waals surface area contributed by atoms with E-state index in [-0.39, 0.29) is 6.54 Å². The highest BCUT2D eigenvalue weighted by Crippen LogP contribution is 2.35. The van der Waals surface area contributed by atoms with Gasteiger partial charge in [-0.15, -0.1) is 0 Å². The highest BCUT2D eigenvalue weighted by atomic mass is 16.8. The molecule has 1 fully saturated rings. The normalized spacial score (nSPS) is 20.0. The quantitative estimate of drug-likeness (QED) is 0.177. The van der Waals surface area contributed by atoms with E-state index in [0.29, 0.717) is 24.3 Å². The van der Waals surface area contributed by atoms with E-state index in [9.17, 15) is 39.3 Å². The first-order chi connectivity index (χ1) is 22.5. The van der Waals surface area contributed by atoms with Gasteiger partial charge in [-0.05, 0) is 62.1 Å². The van der Waals surface area contributed by atoms with Gasteiger partial charge in [0, 0.05) is 18.5 Å². The lowest BCUT2D eigenvalue weighted by atomic mass is 9.85. The molecule has 248 valence electrons. The molecule has 1 aliphatic heterocycles. The molecule has 2 amide bonds. The van der Waals surface area contributed by atoms with Gasteiger partial charge in [0.05, 0.1) is 0 Å². The number of carbonyl (C=O) groups is 5. The fourth-order valence-corrected chi connectivity index (χ4v) is 5.46. The Hall–Kier alpha value is -5.27. The zero-order chi connectivity index (χ0) is 34.1. The molecule has 0 aliphatic carbocycles. The highest BCUT2D eigenvalue weighted by molar-refractivity contribution is 6.05. The molecule has 1 aliphatic rings. The van der Waals surface area contributed by atoms with Gasteiger partial charge in [-0.3, -0.25) is 14.4 Å². The van der Waals surface area contributed by atoms with E-state index in [1.807, 2.05) is 48.5 Å². The third-order valence-corrected chi connectivity index (χ3v) is 7.80. The number of likely N-dealkylation sites (N-methyl/N-ethyl adjacent to an activating group) is 1. The number of aryl methyl sites for hydroxylation is 1. The summed E-state index contributed by atoms with van der Waals surface area (Å²) in [5, 5.41) is 31.8. The molecule has 5 unspecified atom stereocenters. The Morgan fingerprint density at radius 3 is 1.98 bits per heavy atom. The number of ether oxygens (including phenoxy) is 3. The predicted molar refractivity (Wildman–Crippen MR) is 166 cm³/mol. The van der Waals surface area contributed by atoms with Crippen LogP contribution in [0, 0.1) is 0 Å². The van der Waals surface area contributed by atoms with Crippen LogP contribution in [0.2, 0.25) is 0 Å².